The maximum absolute atomic E-state index is 11.5. The second kappa shape index (κ2) is 44.3. The third-order valence-corrected chi connectivity index (χ3v) is 11.5. The molecule has 4 atom stereocenters. The fourth-order valence-electron chi connectivity index (χ4n) is 7.89. The molecule has 2 aromatic rings. The number of carboxylic acids is 2. The van der Waals surface area contributed by atoms with Gasteiger partial charge in [-0.25, -0.2) is 0 Å². The van der Waals surface area contributed by atoms with Crippen LogP contribution >= 0.6 is 0 Å². The van der Waals surface area contributed by atoms with Crippen molar-refractivity contribution in [1.29, 1.82) is 0 Å². The van der Waals surface area contributed by atoms with Crippen molar-refractivity contribution < 1.29 is 48.3 Å². The first-order valence-electron chi connectivity index (χ1n) is 25.1. The number of aliphatic carboxylic acids is 2. The molecule has 0 aliphatic heterocycles. The van der Waals surface area contributed by atoms with Gasteiger partial charge in [-0.2, -0.15) is 0 Å². The van der Waals surface area contributed by atoms with E-state index in [1.54, 1.807) is 0 Å². The van der Waals surface area contributed by atoms with Gasteiger partial charge in [-0.3, -0.25) is 9.59 Å². The van der Waals surface area contributed by atoms with E-state index in [0.29, 0.717) is 26.1 Å². The Bertz CT molecular complexity index is 1320. The van der Waals surface area contributed by atoms with Crippen molar-refractivity contribution in [1.82, 2.24) is 0 Å². The van der Waals surface area contributed by atoms with Gasteiger partial charge in [0.1, 0.15) is 12.2 Å². The summed E-state index contributed by atoms with van der Waals surface area (Å²) in [5, 5.41) is 20.9. The van der Waals surface area contributed by atoms with Crippen LogP contribution in [-0.4, -0.2) is 97.2 Å². The number of esters is 2. The number of carbonyl (C=O) groups excluding carboxylic acids is 4. The number of benzene rings is 2. The van der Waals surface area contributed by atoms with Crippen molar-refractivity contribution in [3.05, 3.63) is 71.8 Å². The Balaban J connectivity index is 0.00000124. The van der Waals surface area contributed by atoms with Gasteiger partial charge in [-0.15, -0.1) is 0 Å². The van der Waals surface area contributed by atoms with Crippen LogP contribution < -0.4 is 10.2 Å². The van der Waals surface area contributed by atoms with Crippen molar-refractivity contribution in [3.8, 4) is 0 Å². The van der Waals surface area contributed by atoms with E-state index < -0.39 is 11.9 Å². The average Bonchev–Trinajstić information content (AvgIpc) is 3.27. The minimum absolute atomic E-state index is 0. The molecule has 0 heterocycles. The molecule has 65 heavy (non-hydrogen) atoms. The van der Waals surface area contributed by atoms with E-state index in [9.17, 15) is 29.4 Å². The van der Waals surface area contributed by atoms with Crippen LogP contribution in [0.5, 0.6) is 0 Å². The number of carboxylic acid groups (broad SMARTS) is 2. The molecule has 0 saturated heterocycles. The van der Waals surface area contributed by atoms with Crippen molar-refractivity contribution >= 4 is 72.8 Å². The van der Waals surface area contributed by atoms with Gasteiger partial charge in [0, 0.05) is 25.8 Å². The predicted octanol–water partition coefficient (Wildman–Crippen LogP) is 11.1. The minimum atomic E-state index is -0.970. The molecule has 2 aromatic carbocycles. The number of unbranched alkanes of at least 4 members (excludes halogenated alkanes) is 12. The van der Waals surface area contributed by atoms with Gasteiger partial charge < -0.3 is 38.7 Å². The summed E-state index contributed by atoms with van der Waals surface area (Å²) in [6, 6.07) is 20.6. The van der Waals surface area contributed by atoms with Crippen molar-refractivity contribution in [2.75, 3.05) is 0 Å². The summed E-state index contributed by atoms with van der Waals surface area (Å²) in [6.07, 6.45) is 26.8. The fraction of sp³-hybridized carbons (Fsp3) is 0.704. The molecular weight excluding hydrogens is 946 g/mol. The summed E-state index contributed by atoms with van der Waals surface area (Å²) < 4.78 is 23.5. The third-order valence-electron chi connectivity index (χ3n) is 11.5. The van der Waals surface area contributed by atoms with Gasteiger partial charge in [0.15, 0.2) is 0 Å². The summed E-state index contributed by atoms with van der Waals surface area (Å²) in [4.78, 5) is 43.8. The number of hydrogen-bond acceptors (Lipinski definition) is 10. The Hall–Kier alpha value is -2.19. The molecule has 0 aromatic heterocycles. The van der Waals surface area contributed by atoms with Crippen LogP contribution in [0.25, 0.3) is 0 Å². The Kier molecular flexibility index (Phi) is 42.8. The summed E-state index contributed by atoms with van der Waals surface area (Å²) >= 11 is 0. The van der Waals surface area contributed by atoms with Crippen molar-refractivity contribution in [2.45, 2.75) is 245 Å². The van der Waals surface area contributed by atoms with Crippen LogP contribution in [0, 0.1) is 0 Å². The van der Waals surface area contributed by atoms with Crippen LogP contribution in [0.1, 0.15) is 219 Å². The van der Waals surface area contributed by atoms with Gasteiger partial charge in [-0.05, 0) is 114 Å². The van der Waals surface area contributed by atoms with Crippen LogP contribution in [-0.2, 0) is 51.3 Å². The summed E-state index contributed by atoms with van der Waals surface area (Å²) in [5.74, 6) is -2.36. The minimum Gasteiger partial charge on any atom is -0.550 e. The van der Waals surface area contributed by atoms with Crippen LogP contribution in [0.3, 0.4) is 0 Å². The molecule has 0 fully saturated rings. The third kappa shape index (κ3) is 40.6. The first-order chi connectivity index (χ1) is 31.0. The number of rotatable bonds is 40. The zero-order valence-corrected chi connectivity index (χ0v) is 45.5. The topological polar surface area (TPSA) is 151 Å². The maximum atomic E-state index is 11.5. The quantitative estimate of drug-likeness (QED) is 0.0358. The molecule has 364 valence electrons. The van der Waals surface area contributed by atoms with Crippen molar-refractivity contribution in [3.63, 3.8) is 0 Å². The van der Waals surface area contributed by atoms with Gasteiger partial charge >= 0.3 is 60.8 Å². The molecule has 0 saturated carbocycles. The molecule has 4 unspecified atom stereocenters. The molecule has 10 nitrogen and oxygen atoms in total. The van der Waals surface area contributed by atoms with E-state index >= 15 is 0 Å². The summed E-state index contributed by atoms with van der Waals surface area (Å²) in [5.41, 5.74) is 2.42. The molecule has 0 radical (unpaired) electrons. The first-order valence-corrected chi connectivity index (χ1v) is 25.1. The fourth-order valence-corrected chi connectivity index (χ4v) is 7.89. The van der Waals surface area contributed by atoms with Gasteiger partial charge in [0.05, 0.1) is 25.4 Å². The first kappa shape index (κ1) is 62.8. The number of ether oxygens (including phenoxy) is 4. The van der Waals surface area contributed by atoms with Crippen LogP contribution in [0.4, 0.5) is 0 Å². The molecule has 2 rings (SSSR count). The van der Waals surface area contributed by atoms with Crippen LogP contribution in [0.2, 0.25) is 0 Å². The molecule has 0 spiro atoms. The summed E-state index contributed by atoms with van der Waals surface area (Å²) in [6.45, 7) is 8.70. The molecule has 0 amide bonds. The summed E-state index contributed by atoms with van der Waals surface area (Å²) in [7, 11) is 0. The Morgan fingerprint density at radius 2 is 0.692 bits per heavy atom. The number of hydrogen-bond donors (Lipinski definition) is 0. The van der Waals surface area contributed by atoms with Crippen molar-refractivity contribution in [2.24, 2.45) is 0 Å². The van der Waals surface area contributed by atoms with E-state index in [1.165, 1.54) is 50.7 Å². The van der Waals surface area contributed by atoms with E-state index in [1.807, 2.05) is 36.4 Å². The second-order valence-electron chi connectivity index (χ2n) is 17.5. The van der Waals surface area contributed by atoms with Gasteiger partial charge in [-0.1, -0.05) is 152 Å². The zero-order valence-electron chi connectivity index (χ0n) is 41.1. The Morgan fingerprint density at radius 3 is 1.00 bits per heavy atom. The largest absolute Gasteiger partial charge is 2.00 e. The SMILES string of the molecule is CCCCC(CCCCC(CCCCCCCC(=O)[O-])OC(C)=O)OCc1ccccc1.CCCCC(CCCCC(CCCCCCCC(=O)[O-])OC(C)=O)OCc1ccccc1.[Ba+2]. The number of carbonyl (C=O) groups is 4. The Labute approximate surface area is 434 Å². The average molecular weight is 1030 g/mol. The zero-order chi connectivity index (χ0) is 46.9. The molecular formula is C54H86BaO10. The molecule has 0 aliphatic rings. The predicted molar refractivity (Wildman–Crippen MR) is 258 cm³/mol. The van der Waals surface area contributed by atoms with Gasteiger partial charge in [0.2, 0.25) is 0 Å². The normalized spacial score (nSPS) is 12.7. The molecule has 11 heteroatoms. The van der Waals surface area contributed by atoms with Crippen LogP contribution in [0.15, 0.2) is 60.7 Å². The van der Waals surface area contributed by atoms with Gasteiger partial charge in [0.25, 0.3) is 0 Å². The maximum Gasteiger partial charge on any atom is 2.00 e. The molecule has 0 aliphatic carbocycles. The molecule has 0 bridgehead atoms. The standard InChI is InChI=1S/2C27H44O5.Ba/c2*1-3-4-17-25(31-22-24-15-9-8-10-16-24)18-13-14-20-26(32-23(2)28)19-11-6-5-7-12-21-27(29)30;/h2*8-10,15-16,25-26H,3-7,11-14,17-22H2,1-2H3,(H,29,30);/q;;+2/p-2. The van der Waals surface area contributed by atoms with E-state index in [4.69, 9.17) is 18.9 Å². The monoisotopic (exact) mass is 1030 g/mol. The Morgan fingerprint density at radius 1 is 0.415 bits per heavy atom. The van der Waals surface area contributed by atoms with E-state index in [-0.39, 0.29) is 98.1 Å². The molecule has 0 N–H and O–H groups in total. The van der Waals surface area contributed by atoms with E-state index in [0.717, 1.165) is 128 Å². The second-order valence-corrected chi connectivity index (χ2v) is 17.5. The smallest absolute Gasteiger partial charge is 0.550 e. The van der Waals surface area contributed by atoms with E-state index in [2.05, 4.69) is 38.1 Å².